The van der Waals surface area contributed by atoms with Gasteiger partial charge in [-0.1, -0.05) is 210 Å². The van der Waals surface area contributed by atoms with Crippen LogP contribution in [0.15, 0.2) is 210 Å². The molecule has 0 radical (unpaired) electrons. The van der Waals surface area contributed by atoms with Crippen LogP contribution < -0.4 is 5.32 Å². The van der Waals surface area contributed by atoms with Gasteiger partial charge in [0.2, 0.25) is 0 Å². The highest BCUT2D eigenvalue weighted by molar-refractivity contribution is 5.82. The maximum Gasteiger partial charge on any atom is 0.407 e. The fraction of sp³-hybridized carbons (Fsp3) is 0.333. The van der Waals surface area contributed by atoms with Crippen LogP contribution in [0.5, 0.6) is 0 Å². The summed E-state index contributed by atoms with van der Waals surface area (Å²) in [6.07, 6.45) is -9.72. The molecule has 2 fully saturated rings. The van der Waals surface area contributed by atoms with Gasteiger partial charge < -0.3 is 57.4 Å². The van der Waals surface area contributed by atoms with Gasteiger partial charge in [-0.05, 0) is 61.1 Å². The van der Waals surface area contributed by atoms with Gasteiger partial charge in [0.05, 0.1) is 60.0 Å². The average molecular weight is 1170 g/mol. The first-order chi connectivity index (χ1) is 42.4. The zero-order valence-electron chi connectivity index (χ0n) is 47.3. The number of hydrogen-bond acceptors (Lipinski definition) is 15. The second-order valence-corrected chi connectivity index (χ2v) is 20.7. The van der Waals surface area contributed by atoms with E-state index in [1.165, 1.54) is 7.11 Å². The molecule has 2 heterocycles. The monoisotopic (exact) mass is 1170 g/mol. The van der Waals surface area contributed by atoms with Crippen LogP contribution in [0.3, 0.4) is 0 Å². The number of alkyl carbamates (subject to hydrolysis) is 1. The van der Waals surface area contributed by atoms with E-state index < -0.39 is 86.0 Å². The van der Waals surface area contributed by atoms with E-state index in [-0.39, 0.29) is 58.8 Å². The Morgan fingerprint density at radius 3 is 1.29 bits per heavy atom. The van der Waals surface area contributed by atoms with Gasteiger partial charge in [0.25, 0.3) is 0 Å². The summed E-state index contributed by atoms with van der Waals surface area (Å²) in [5.41, 5.74) is 29.0. The van der Waals surface area contributed by atoms with Crippen molar-refractivity contribution in [3.8, 4) is 11.1 Å². The molecule has 0 unspecified atom stereocenters. The summed E-state index contributed by atoms with van der Waals surface area (Å²) < 4.78 is 71.3. The zero-order chi connectivity index (χ0) is 59.3. The molecule has 2 aliphatic heterocycles. The second kappa shape index (κ2) is 31.1. The van der Waals surface area contributed by atoms with Gasteiger partial charge in [0.1, 0.15) is 55.3 Å². The minimum absolute atomic E-state index is 0.00965. The molecule has 1 aliphatic carbocycles. The van der Waals surface area contributed by atoms with Crippen LogP contribution in [0.25, 0.3) is 32.0 Å². The third-order valence-electron chi connectivity index (χ3n) is 15.1. The van der Waals surface area contributed by atoms with Gasteiger partial charge in [-0.25, -0.2) is 9.59 Å². The minimum atomic E-state index is -1.48. The molecule has 7 aromatic carbocycles. The lowest BCUT2D eigenvalue weighted by Gasteiger charge is -2.47. The molecule has 0 spiro atoms. The first kappa shape index (κ1) is 60.7. The topological polar surface area (TPSA) is 245 Å². The van der Waals surface area contributed by atoms with Crippen LogP contribution in [-0.2, 0) is 89.9 Å². The molecule has 1 N–H and O–H groups in total. The van der Waals surface area contributed by atoms with Gasteiger partial charge in [0.15, 0.2) is 18.6 Å². The van der Waals surface area contributed by atoms with E-state index in [0.29, 0.717) is 0 Å². The largest absolute Gasteiger partial charge is 0.467 e. The van der Waals surface area contributed by atoms with E-state index in [2.05, 4.69) is 25.4 Å². The number of carbonyl (C=O) groups is 2. The van der Waals surface area contributed by atoms with Crippen molar-refractivity contribution < 1.29 is 61.7 Å². The first-order valence-electron chi connectivity index (χ1n) is 28.4. The Morgan fingerprint density at radius 2 is 0.860 bits per heavy atom. The van der Waals surface area contributed by atoms with Crippen LogP contribution in [-0.4, -0.2) is 113 Å². The van der Waals surface area contributed by atoms with E-state index >= 15 is 0 Å². The molecule has 10 rings (SSSR count). The summed E-state index contributed by atoms with van der Waals surface area (Å²) in [5, 5.41) is 11.1. The smallest absolute Gasteiger partial charge is 0.407 e. The van der Waals surface area contributed by atoms with E-state index in [1.807, 2.05) is 200 Å². The van der Waals surface area contributed by atoms with Crippen molar-refractivity contribution in [2.24, 2.45) is 10.2 Å². The quantitative estimate of drug-likeness (QED) is 0.0208. The predicted octanol–water partition coefficient (Wildman–Crippen LogP) is 11.5. The van der Waals surface area contributed by atoms with Crippen molar-refractivity contribution in [2.75, 3.05) is 33.5 Å². The number of methoxy groups -OCH3 is 1. The fourth-order valence-electron chi connectivity index (χ4n) is 10.9. The summed E-state index contributed by atoms with van der Waals surface area (Å²) in [4.78, 5) is 33.8. The zero-order valence-corrected chi connectivity index (χ0v) is 47.3. The molecule has 444 valence electrons. The molecule has 20 heteroatoms. The number of carbonyl (C=O) groups excluding carboxylic acids is 2. The Hall–Kier alpha value is -8.46. The van der Waals surface area contributed by atoms with E-state index in [4.69, 9.17) is 52.1 Å². The van der Waals surface area contributed by atoms with Gasteiger partial charge >= 0.3 is 12.1 Å². The van der Waals surface area contributed by atoms with Crippen LogP contribution in [0.1, 0.15) is 44.9 Å². The highest BCUT2D eigenvalue weighted by Gasteiger charge is 2.52. The second-order valence-electron chi connectivity index (χ2n) is 20.7. The number of amides is 1. The minimum Gasteiger partial charge on any atom is -0.467 e. The van der Waals surface area contributed by atoms with Crippen LogP contribution in [0.4, 0.5) is 4.79 Å². The highest BCUT2D eigenvalue weighted by Crippen LogP contribution is 2.44. The Balaban J connectivity index is 0.942. The standard InChI is InChI=1S/C66H67N7O13/c1-76-63(74)54(69-66(75)84-40-53-51-33-19-17-31-49(51)50-32-18-20-34-52(50)53)41-82-64-57(70-72-67)62(81-39-48-29-15-6-16-30-48)60(79-37-46-25-11-4-12-26-46)56(86-64)43-83-65-58(71-73-68)61(80-38-47-27-13-5-14-28-47)59(78-36-45-23-9-3-10-24-45)55(85-65)42-77-35-44-21-7-2-8-22-44/h2-34,53-62,64-65H,35-43H2,1H3,(H,69,75)/t54-,55+,56+,57+,58+,59-,60-,61+,62+,64-,65-/m0/s1. The first-order valence-corrected chi connectivity index (χ1v) is 28.4. The lowest BCUT2D eigenvalue weighted by Crippen LogP contribution is -2.63. The molecule has 2 saturated heterocycles. The molecule has 7 aromatic rings. The number of hydrogen-bond donors (Lipinski definition) is 1. The lowest BCUT2D eigenvalue weighted by atomic mass is 9.95. The number of ether oxygens (including phenoxy) is 11. The molecule has 3 aliphatic rings. The van der Waals surface area contributed by atoms with Crippen molar-refractivity contribution in [2.45, 2.75) is 106 Å². The SMILES string of the molecule is COC(=O)[C@H](CO[C@H]1O[C@H](CO[C@H]2O[C@H](COCc3ccccc3)[C@H](OCc3ccccc3)[C@H](OCc3ccccc3)[C@H]2N=[N+]=[N-])[C@H](OCc2ccccc2)[C@H](OCc2ccccc2)[C@H]1N=[N+]=[N-])NC(=O)OCC1c2ccccc2-c2ccccc21. The van der Waals surface area contributed by atoms with Crippen molar-refractivity contribution in [1.82, 2.24) is 5.32 Å². The number of nitrogens with zero attached hydrogens (tertiary/aromatic N) is 6. The molecule has 86 heavy (non-hydrogen) atoms. The number of fused-ring (bicyclic) bond motifs is 3. The number of nitrogens with one attached hydrogen (secondary N) is 1. The third-order valence-corrected chi connectivity index (χ3v) is 15.1. The molecule has 0 bridgehead atoms. The van der Waals surface area contributed by atoms with Gasteiger partial charge in [-0.15, -0.1) is 0 Å². The normalized spacial score (nSPS) is 22.7. The molecular formula is C66H67N7O13. The van der Waals surface area contributed by atoms with Gasteiger partial charge in [-0.2, -0.15) is 0 Å². The summed E-state index contributed by atoms with van der Waals surface area (Å²) >= 11 is 0. The summed E-state index contributed by atoms with van der Waals surface area (Å²) in [5.74, 6) is -1.11. The molecule has 20 nitrogen and oxygen atoms in total. The molecule has 1 amide bonds. The molecule has 0 aromatic heterocycles. The number of azide groups is 2. The van der Waals surface area contributed by atoms with E-state index in [1.54, 1.807) is 0 Å². The fourth-order valence-corrected chi connectivity index (χ4v) is 10.9. The predicted molar refractivity (Wildman–Crippen MR) is 315 cm³/mol. The van der Waals surface area contributed by atoms with Crippen molar-refractivity contribution in [3.05, 3.63) is 260 Å². The van der Waals surface area contributed by atoms with E-state index in [9.17, 15) is 20.7 Å². The maximum atomic E-state index is 13.7. The Labute approximate surface area is 498 Å². The Morgan fingerprint density at radius 1 is 0.477 bits per heavy atom. The van der Waals surface area contributed by atoms with Crippen LogP contribution >= 0.6 is 0 Å². The summed E-state index contributed by atoms with van der Waals surface area (Å²) in [7, 11) is 1.18. The van der Waals surface area contributed by atoms with Gasteiger partial charge in [-0.3, -0.25) is 0 Å². The Bertz CT molecular complexity index is 3300. The van der Waals surface area contributed by atoms with Crippen LogP contribution in [0.2, 0.25) is 0 Å². The average Bonchev–Trinajstić information content (AvgIpc) is 2.67. The maximum absolute atomic E-state index is 13.7. The molecule has 11 atom stereocenters. The molecule has 0 saturated carbocycles. The highest BCUT2D eigenvalue weighted by atomic mass is 16.7. The van der Waals surface area contributed by atoms with Crippen molar-refractivity contribution >= 4 is 12.1 Å². The Kier molecular flexibility index (Phi) is 21.9. The molecular weight excluding hydrogens is 1100 g/mol. The van der Waals surface area contributed by atoms with Crippen LogP contribution in [0, 0.1) is 0 Å². The number of rotatable bonds is 28. The third kappa shape index (κ3) is 15.9. The number of benzene rings is 7. The lowest BCUT2D eigenvalue weighted by molar-refractivity contribution is -0.315. The van der Waals surface area contributed by atoms with E-state index in [0.717, 1.165) is 50.1 Å². The van der Waals surface area contributed by atoms with Crippen molar-refractivity contribution in [3.63, 3.8) is 0 Å². The van der Waals surface area contributed by atoms with Crippen molar-refractivity contribution in [1.29, 1.82) is 0 Å². The number of esters is 1. The van der Waals surface area contributed by atoms with Gasteiger partial charge in [0, 0.05) is 15.7 Å². The summed E-state index contributed by atoms with van der Waals surface area (Å²) in [6.45, 7) is -0.297. The summed E-state index contributed by atoms with van der Waals surface area (Å²) in [6, 6.07) is 59.7.